The van der Waals surface area contributed by atoms with Gasteiger partial charge in [-0.2, -0.15) is 0 Å². The van der Waals surface area contributed by atoms with E-state index in [1.165, 1.54) is 4.88 Å². The lowest BCUT2D eigenvalue weighted by molar-refractivity contribution is -0.138. The summed E-state index contributed by atoms with van der Waals surface area (Å²) in [7, 11) is 0. The van der Waals surface area contributed by atoms with E-state index in [0.29, 0.717) is 6.54 Å². The molecule has 0 unspecified atom stereocenters. The first-order valence-corrected chi connectivity index (χ1v) is 7.95. The average molecular weight is 324 g/mol. The zero-order chi connectivity index (χ0) is 15.4. The molecule has 0 saturated carbocycles. The van der Waals surface area contributed by atoms with Gasteiger partial charge in [-0.3, -0.25) is 9.69 Å². The maximum absolute atomic E-state index is 10.9. The average Bonchev–Trinajstić information content (AvgIpc) is 2.87. The van der Waals surface area contributed by atoms with E-state index in [0.717, 1.165) is 15.5 Å². The topological polar surface area (TPSA) is 40.5 Å². The fourth-order valence-electron chi connectivity index (χ4n) is 2.03. The molecule has 1 N–H and O–H groups in total. The van der Waals surface area contributed by atoms with Crippen LogP contribution in [0.25, 0.3) is 10.4 Å². The summed E-state index contributed by atoms with van der Waals surface area (Å²) in [5.41, 5.74) is 1.13. The quantitative estimate of drug-likeness (QED) is 0.858. The van der Waals surface area contributed by atoms with Crippen LogP contribution in [0.1, 0.15) is 18.7 Å². The number of hydrogen-bond acceptors (Lipinski definition) is 3. The van der Waals surface area contributed by atoms with Crippen molar-refractivity contribution < 1.29 is 9.90 Å². The van der Waals surface area contributed by atoms with Crippen LogP contribution in [0.2, 0.25) is 5.02 Å². The molecule has 1 aromatic heterocycles. The van der Waals surface area contributed by atoms with Gasteiger partial charge in [-0.15, -0.1) is 11.3 Å². The van der Waals surface area contributed by atoms with E-state index in [-0.39, 0.29) is 12.6 Å². The van der Waals surface area contributed by atoms with E-state index >= 15 is 0 Å². The minimum Gasteiger partial charge on any atom is -0.480 e. The lowest BCUT2D eigenvalue weighted by atomic mass is 10.2. The number of aliphatic carboxylic acids is 1. The van der Waals surface area contributed by atoms with Crippen LogP contribution in [0.4, 0.5) is 0 Å². The number of thiophene rings is 1. The van der Waals surface area contributed by atoms with E-state index in [1.807, 2.05) is 43.0 Å². The molecule has 0 spiro atoms. The van der Waals surface area contributed by atoms with Crippen LogP contribution in [-0.4, -0.2) is 28.6 Å². The van der Waals surface area contributed by atoms with E-state index < -0.39 is 5.97 Å². The molecule has 3 nitrogen and oxygen atoms in total. The van der Waals surface area contributed by atoms with Gasteiger partial charge in [-0.05, 0) is 43.7 Å². The SMILES string of the molecule is CC(C)N(CC(=O)O)Cc1ccc(-c2ccc(Cl)cc2)s1. The Bertz CT molecular complexity index is 607. The Hall–Kier alpha value is -1.36. The highest BCUT2D eigenvalue weighted by molar-refractivity contribution is 7.15. The number of halogens is 1. The number of nitrogens with zero attached hydrogens (tertiary/aromatic N) is 1. The Kier molecular flexibility index (Phi) is 5.39. The molecule has 0 aliphatic rings. The lowest BCUT2D eigenvalue weighted by Gasteiger charge is -2.23. The summed E-state index contributed by atoms with van der Waals surface area (Å²) in [6.45, 7) is 4.74. The summed E-state index contributed by atoms with van der Waals surface area (Å²) in [5.74, 6) is -0.793. The molecule has 21 heavy (non-hydrogen) atoms. The highest BCUT2D eigenvalue weighted by Crippen LogP contribution is 2.29. The van der Waals surface area contributed by atoms with Crippen molar-refractivity contribution >= 4 is 28.9 Å². The smallest absolute Gasteiger partial charge is 0.317 e. The summed E-state index contributed by atoms with van der Waals surface area (Å²) in [6.07, 6.45) is 0. The van der Waals surface area contributed by atoms with Gasteiger partial charge in [0.15, 0.2) is 0 Å². The zero-order valence-electron chi connectivity index (χ0n) is 12.0. The highest BCUT2D eigenvalue weighted by atomic mass is 35.5. The molecule has 1 heterocycles. The molecule has 0 radical (unpaired) electrons. The standard InChI is InChI=1S/C16H18ClNO2S/c1-11(2)18(10-16(19)20)9-14-7-8-15(21-14)12-3-5-13(17)6-4-12/h3-8,11H,9-10H2,1-2H3,(H,19,20). The molecule has 0 saturated heterocycles. The molecule has 2 aromatic rings. The van der Waals surface area contributed by atoms with Crippen molar-refractivity contribution in [1.29, 1.82) is 0 Å². The van der Waals surface area contributed by atoms with Gasteiger partial charge in [0.25, 0.3) is 0 Å². The number of carbonyl (C=O) groups is 1. The van der Waals surface area contributed by atoms with E-state index in [9.17, 15) is 4.79 Å². The minimum absolute atomic E-state index is 0.0614. The third kappa shape index (κ3) is 4.56. The Labute approximate surface area is 133 Å². The van der Waals surface area contributed by atoms with Crippen LogP contribution in [0, 0.1) is 0 Å². The van der Waals surface area contributed by atoms with Crippen molar-refractivity contribution in [1.82, 2.24) is 4.90 Å². The predicted molar refractivity (Wildman–Crippen MR) is 87.9 cm³/mol. The van der Waals surface area contributed by atoms with Gasteiger partial charge in [-0.25, -0.2) is 0 Å². The van der Waals surface area contributed by atoms with Crippen LogP contribution in [0.15, 0.2) is 36.4 Å². The number of rotatable bonds is 6. The summed E-state index contributed by atoms with van der Waals surface area (Å²) >= 11 is 7.58. The number of carboxylic acid groups (broad SMARTS) is 1. The molecular weight excluding hydrogens is 306 g/mol. The number of hydrogen-bond donors (Lipinski definition) is 1. The minimum atomic E-state index is -0.793. The second-order valence-electron chi connectivity index (χ2n) is 5.17. The van der Waals surface area contributed by atoms with Gasteiger partial charge in [0.2, 0.25) is 0 Å². The van der Waals surface area contributed by atoms with Crippen molar-refractivity contribution in [3.8, 4) is 10.4 Å². The summed E-state index contributed by atoms with van der Waals surface area (Å²) < 4.78 is 0. The Morgan fingerprint density at radius 1 is 1.24 bits per heavy atom. The first-order chi connectivity index (χ1) is 9.95. The van der Waals surface area contributed by atoms with Crippen LogP contribution in [0.5, 0.6) is 0 Å². The van der Waals surface area contributed by atoms with Gasteiger partial charge in [0.1, 0.15) is 0 Å². The molecule has 0 atom stereocenters. The summed E-state index contributed by atoms with van der Waals surface area (Å²) in [4.78, 5) is 15.2. The third-order valence-electron chi connectivity index (χ3n) is 3.22. The normalized spacial score (nSPS) is 11.3. The molecule has 0 bridgehead atoms. The van der Waals surface area contributed by atoms with Gasteiger partial charge in [0, 0.05) is 27.4 Å². The Morgan fingerprint density at radius 2 is 1.90 bits per heavy atom. The van der Waals surface area contributed by atoms with Crippen LogP contribution >= 0.6 is 22.9 Å². The van der Waals surface area contributed by atoms with Crippen LogP contribution in [0.3, 0.4) is 0 Å². The van der Waals surface area contributed by atoms with Crippen molar-refractivity contribution in [3.63, 3.8) is 0 Å². The Morgan fingerprint density at radius 3 is 2.48 bits per heavy atom. The van der Waals surface area contributed by atoms with Crippen molar-refractivity contribution in [3.05, 3.63) is 46.3 Å². The van der Waals surface area contributed by atoms with Gasteiger partial charge in [-0.1, -0.05) is 23.7 Å². The molecule has 0 amide bonds. The largest absolute Gasteiger partial charge is 0.480 e. The Balaban J connectivity index is 2.11. The van der Waals surface area contributed by atoms with E-state index in [1.54, 1.807) is 11.3 Å². The molecule has 0 aliphatic carbocycles. The van der Waals surface area contributed by atoms with Gasteiger partial charge >= 0.3 is 5.97 Å². The maximum Gasteiger partial charge on any atom is 0.317 e. The third-order valence-corrected chi connectivity index (χ3v) is 4.59. The van der Waals surface area contributed by atoms with E-state index in [4.69, 9.17) is 16.7 Å². The van der Waals surface area contributed by atoms with Gasteiger partial charge in [0.05, 0.1) is 6.54 Å². The van der Waals surface area contributed by atoms with Crippen molar-refractivity contribution in [2.45, 2.75) is 26.4 Å². The highest BCUT2D eigenvalue weighted by Gasteiger charge is 2.15. The molecule has 112 valence electrons. The first kappa shape index (κ1) is 16.0. The number of benzene rings is 1. The maximum atomic E-state index is 10.9. The lowest BCUT2D eigenvalue weighted by Crippen LogP contribution is -2.34. The molecule has 2 rings (SSSR count). The molecule has 0 aliphatic heterocycles. The first-order valence-electron chi connectivity index (χ1n) is 6.76. The fourth-order valence-corrected chi connectivity index (χ4v) is 3.19. The molecule has 0 fully saturated rings. The second kappa shape index (κ2) is 7.07. The molecule has 1 aromatic carbocycles. The fraction of sp³-hybridized carbons (Fsp3) is 0.312. The predicted octanol–water partition coefficient (Wildman–Crippen LogP) is 4.36. The second-order valence-corrected chi connectivity index (χ2v) is 6.77. The van der Waals surface area contributed by atoms with Gasteiger partial charge < -0.3 is 5.11 Å². The number of carboxylic acids is 1. The molecular formula is C16H18ClNO2S. The monoisotopic (exact) mass is 323 g/mol. The van der Waals surface area contributed by atoms with Crippen molar-refractivity contribution in [2.75, 3.05) is 6.54 Å². The van der Waals surface area contributed by atoms with E-state index in [2.05, 4.69) is 12.1 Å². The van der Waals surface area contributed by atoms with Crippen LogP contribution < -0.4 is 0 Å². The summed E-state index contributed by atoms with van der Waals surface area (Å²) in [5, 5.41) is 9.69. The van der Waals surface area contributed by atoms with Crippen LogP contribution in [-0.2, 0) is 11.3 Å². The zero-order valence-corrected chi connectivity index (χ0v) is 13.6. The van der Waals surface area contributed by atoms with Crippen molar-refractivity contribution in [2.24, 2.45) is 0 Å². The summed E-state index contributed by atoms with van der Waals surface area (Å²) in [6, 6.07) is 12.1. The molecule has 5 heteroatoms.